The molecule has 1 aliphatic rings. The van der Waals surface area contributed by atoms with E-state index >= 15 is 0 Å². The van der Waals surface area contributed by atoms with Crippen molar-refractivity contribution in [1.82, 2.24) is 19.6 Å². The number of nitrogens with two attached hydrogens (primary N) is 1. The van der Waals surface area contributed by atoms with E-state index in [1.165, 1.54) is 25.7 Å². The van der Waals surface area contributed by atoms with Gasteiger partial charge in [0, 0.05) is 25.5 Å². The van der Waals surface area contributed by atoms with Gasteiger partial charge in [0.05, 0.1) is 0 Å². The highest BCUT2D eigenvalue weighted by atomic mass is 15.4. The van der Waals surface area contributed by atoms with Crippen LogP contribution in [-0.4, -0.2) is 32.7 Å². The monoisotopic (exact) mass is 232 g/mol. The Bertz CT molecular complexity index is 512. The van der Waals surface area contributed by atoms with Crippen molar-refractivity contribution in [2.75, 3.05) is 23.7 Å². The molecule has 0 radical (unpaired) electrons. The van der Waals surface area contributed by atoms with E-state index in [1.54, 1.807) is 6.20 Å². The first kappa shape index (κ1) is 10.3. The molecule has 3 rings (SSSR count). The third-order valence-corrected chi connectivity index (χ3v) is 3.23. The smallest absolute Gasteiger partial charge is 0.231 e. The van der Waals surface area contributed by atoms with Crippen molar-refractivity contribution >= 4 is 17.4 Å². The summed E-state index contributed by atoms with van der Waals surface area (Å²) in [6.07, 6.45) is 8.59. The summed E-state index contributed by atoms with van der Waals surface area (Å²) >= 11 is 0. The summed E-state index contributed by atoms with van der Waals surface area (Å²) in [6.45, 7) is 2.09. The van der Waals surface area contributed by atoms with E-state index in [4.69, 9.17) is 5.73 Å². The first-order chi connectivity index (χ1) is 8.36. The summed E-state index contributed by atoms with van der Waals surface area (Å²) in [5.41, 5.74) is 6.42. The lowest BCUT2D eigenvalue weighted by Crippen LogP contribution is -2.26. The molecule has 2 N–H and O–H groups in total. The van der Waals surface area contributed by atoms with Gasteiger partial charge < -0.3 is 10.6 Å². The van der Waals surface area contributed by atoms with E-state index in [0.29, 0.717) is 11.5 Å². The minimum atomic E-state index is 0.432. The second-order valence-electron chi connectivity index (χ2n) is 4.41. The Morgan fingerprint density at radius 1 is 1.06 bits per heavy atom. The molecule has 6 heteroatoms. The Hall–Kier alpha value is -1.85. The molecule has 1 aliphatic heterocycles. The Labute approximate surface area is 99.5 Å². The van der Waals surface area contributed by atoms with E-state index in [0.717, 1.165) is 19.0 Å². The number of nitrogens with zero attached hydrogens (tertiary/aromatic N) is 5. The number of fused-ring (bicyclic) bond motifs is 1. The molecule has 2 aromatic rings. The molecule has 0 unspecified atom stereocenters. The van der Waals surface area contributed by atoms with Crippen molar-refractivity contribution in [2.45, 2.75) is 25.7 Å². The maximum absolute atomic E-state index is 5.78. The molecule has 0 aliphatic carbocycles. The molecule has 90 valence electrons. The molecule has 0 amide bonds. The standard InChI is InChI=1S/C11H16N6/c12-9-10-14-15-11(17(10)8-5-13-9)16-6-3-1-2-4-7-16/h5,8H,1-4,6-7H2,(H2,12,13). The molecule has 1 fully saturated rings. The van der Waals surface area contributed by atoms with Crippen LogP contribution in [-0.2, 0) is 0 Å². The highest BCUT2D eigenvalue weighted by molar-refractivity contribution is 5.61. The summed E-state index contributed by atoms with van der Waals surface area (Å²) in [4.78, 5) is 6.30. The molecule has 6 nitrogen and oxygen atoms in total. The largest absolute Gasteiger partial charge is 0.381 e. The van der Waals surface area contributed by atoms with Crippen molar-refractivity contribution in [3.05, 3.63) is 12.4 Å². The number of rotatable bonds is 1. The fourth-order valence-corrected chi connectivity index (χ4v) is 2.32. The van der Waals surface area contributed by atoms with Gasteiger partial charge in [0.1, 0.15) is 0 Å². The molecule has 0 spiro atoms. The van der Waals surface area contributed by atoms with Crippen LogP contribution in [0.3, 0.4) is 0 Å². The molecule has 0 aromatic carbocycles. The summed E-state index contributed by atoms with van der Waals surface area (Å²) in [5, 5.41) is 8.35. The summed E-state index contributed by atoms with van der Waals surface area (Å²) in [7, 11) is 0. The minimum absolute atomic E-state index is 0.432. The number of nitrogen functional groups attached to an aromatic ring is 1. The van der Waals surface area contributed by atoms with Gasteiger partial charge in [0.25, 0.3) is 0 Å². The van der Waals surface area contributed by atoms with Crippen LogP contribution < -0.4 is 10.6 Å². The fraction of sp³-hybridized carbons (Fsp3) is 0.545. The van der Waals surface area contributed by atoms with Crippen LogP contribution in [0.25, 0.3) is 5.65 Å². The highest BCUT2D eigenvalue weighted by Crippen LogP contribution is 2.19. The zero-order valence-electron chi connectivity index (χ0n) is 9.71. The average Bonchev–Trinajstić information content (AvgIpc) is 2.59. The normalized spacial score (nSPS) is 17.3. The third-order valence-electron chi connectivity index (χ3n) is 3.23. The van der Waals surface area contributed by atoms with Crippen LogP contribution >= 0.6 is 0 Å². The maximum atomic E-state index is 5.78. The van der Waals surface area contributed by atoms with Gasteiger partial charge in [-0.2, -0.15) is 0 Å². The number of aromatic nitrogens is 4. The molecule has 0 bridgehead atoms. The van der Waals surface area contributed by atoms with Gasteiger partial charge in [-0.05, 0) is 12.8 Å². The first-order valence-electron chi connectivity index (χ1n) is 6.06. The zero-order chi connectivity index (χ0) is 11.7. The van der Waals surface area contributed by atoms with Gasteiger partial charge in [-0.25, -0.2) is 4.98 Å². The van der Waals surface area contributed by atoms with Crippen molar-refractivity contribution in [3.8, 4) is 0 Å². The third kappa shape index (κ3) is 1.79. The molecule has 0 saturated carbocycles. The van der Waals surface area contributed by atoms with Gasteiger partial charge in [-0.3, -0.25) is 4.40 Å². The summed E-state index contributed by atoms with van der Waals surface area (Å²) in [5.74, 6) is 1.32. The second kappa shape index (κ2) is 4.20. The predicted molar refractivity (Wildman–Crippen MR) is 65.9 cm³/mol. The van der Waals surface area contributed by atoms with Crippen molar-refractivity contribution in [2.24, 2.45) is 0 Å². The van der Waals surface area contributed by atoms with E-state index < -0.39 is 0 Å². The average molecular weight is 232 g/mol. The SMILES string of the molecule is Nc1nccn2c(N3CCCCCC3)nnc12. The number of hydrogen-bond acceptors (Lipinski definition) is 5. The Morgan fingerprint density at radius 2 is 1.82 bits per heavy atom. The molecule has 1 saturated heterocycles. The molecular weight excluding hydrogens is 216 g/mol. The first-order valence-corrected chi connectivity index (χ1v) is 6.06. The van der Waals surface area contributed by atoms with Crippen LogP contribution in [0.4, 0.5) is 11.8 Å². The van der Waals surface area contributed by atoms with Gasteiger partial charge in [0.2, 0.25) is 11.6 Å². The van der Waals surface area contributed by atoms with Crippen molar-refractivity contribution in [3.63, 3.8) is 0 Å². The number of anilines is 2. The Kier molecular flexibility index (Phi) is 2.55. The van der Waals surface area contributed by atoms with Gasteiger partial charge in [0.15, 0.2) is 5.82 Å². The Morgan fingerprint density at radius 3 is 2.59 bits per heavy atom. The van der Waals surface area contributed by atoms with E-state index in [-0.39, 0.29) is 0 Å². The highest BCUT2D eigenvalue weighted by Gasteiger charge is 2.16. The zero-order valence-corrected chi connectivity index (χ0v) is 9.71. The molecule has 3 heterocycles. The maximum Gasteiger partial charge on any atom is 0.231 e. The molecule has 2 aromatic heterocycles. The topological polar surface area (TPSA) is 72.3 Å². The van der Waals surface area contributed by atoms with E-state index in [1.807, 2.05) is 10.6 Å². The van der Waals surface area contributed by atoms with Crippen LogP contribution in [0.15, 0.2) is 12.4 Å². The second-order valence-corrected chi connectivity index (χ2v) is 4.41. The minimum Gasteiger partial charge on any atom is -0.381 e. The molecular formula is C11H16N6. The number of hydrogen-bond donors (Lipinski definition) is 1. The van der Waals surface area contributed by atoms with Crippen molar-refractivity contribution < 1.29 is 0 Å². The van der Waals surface area contributed by atoms with E-state index in [9.17, 15) is 0 Å². The van der Waals surface area contributed by atoms with Crippen LogP contribution in [0.1, 0.15) is 25.7 Å². The fourth-order valence-electron chi connectivity index (χ4n) is 2.32. The predicted octanol–water partition coefficient (Wildman–Crippen LogP) is 1.09. The van der Waals surface area contributed by atoms with Gasteiger partial charge in [-0.15, -0.1) is 10.2 Å². The lowest BCUT2D eigenvalue weighted by Gasteiger charge is -2.19. The molecule has 0 atom stereocenters. The van der Waals surface area contributed by atoms with Crippen LogP contribution in [0.5, 0.6) is 0 Å². The van der Waals surface area contributed by atoms with Gasteiger partial charge >= 0.3 is 0 Å². The molecule has 17 heavy (non-hydrogen) atoms. The van der Waals surface area contributed by atoms with Crippen LogP contribution in [0, 0.1) is 0 Å². The quantitative estimate of drug-likeness (QED) is 0.796. The Balaban J connectivity index is 2.02. The lowest BCUT2D eigenvalue weighted by atomic mass is 10.2. The summed E-state index contributed by atoms with van der Waals surface area (Å²) in [6, 6.07) is 0. The van der Waals surface area contributed by atoms with Crippen molar-refractivity contribution in [1.29, 1.82) is 0 Å². The van der Waals surface area contributed by atoms with Gasteiger partial charge in [-0.1, -0.05) is 12.8 Å². The lowest BCUT2D eigenvalue weighted by molar-refractivity contribution is 0.726. The van der Waals surface area contributed by atoms with E-state index in [2.05, 4.69) is 20.1 Å². The summed E-state index contributed by atoms with van der Waals surface area (Å²) < 4.78 is 1.92. The van der Waals surface area contributed by atoms with Crippen LogP contribution in [0.2, 0.25) is 0 Å².